The number of nitrogens with two attached hydrogens (primary N) is 1. The number of hydrogen-bond acceptors (Lipinski definition) is 19. The molecule has 26 heteroatoms. The zero-order chi connectivity index (χ0) is 80.3. The molecule has 0 unspecified atom stereocenters. The molecule has 0 aliphatic carbocycles. The summed E-state index contributed by atoms with van der Waals surface area (Å²) in [6.45, 7) is 26.5. The van der Waals surface area contributed by atoms with Crippen LogP contribution in [0.4, 0.5) is 28.8 Å². The number of piperidine rings is 4. The van der Waals surface area contributed by atoms with Crippen molar-refractivity contribution >= 4 is 65.3 Å². The van der Waals surface area contributed by atoms with Gasteiger partial charge in [0.25, 0.3) is 0 Å². The lowest BCUT2D eigenvalue weighted by atomic mass is 10.0. The minimum atomic E-state index is -0.781. The summed E-state index contributed by atoms with van der Waals surface area (Å²) in [6.07, 6.45) is 5.64. The van der Waals surface area contributed by atoms with Gasteiger partial charge in [0, 0.05) is 63.4 Å². The highest BCUT2D eigenvalue weighted by Crippen LogP contribution is 2.20. The van der Waals surface area contributed by atoms with Gasteiger partial charge in [0.1, 0.15) is 55.5 Å². The van der Waals surface area contributed by atoms with Crippen LogP contribution in [0.3, 0.4) is 0 Å². The summed E-state index contributed by atoms with van der Waals surface area (Å²) < 4.78 is 36.6. The molecular weight excluding hydrogens is 1430 g/mol. The fourth-order valence-corrected chi connectivity index (χ4v) is 11.9. The third-order valence-corrected chi connectivity index (χ3v) is 17.6. The van der Waals surface area contributed by atoms with Gasteiger partial charge in [-0.15, -0.1) is 0 Å². The number of amides is 6. The van der Waals surface area contributed by atoms with Crippen molar-refractivity contribution in [3.63, 3.8) is 0 Å². The second-order valence-electron chi connectivity index (χ2n) is 30.1. The van der Waals surface area contributed by atoms with Gasteiger partial charge in [0.05, 0.1) is 0 Å². The van der Waals surface area contributed by atoms with Crippen LogP contribution >= 0.6 is 11.8 Å². The van der Waals surface area contributed by atoms with E-state index in [1.807, 2.05) is 195 Å². The van der Waals surface area contributed by atoms with Crippen molar-refractivity contribution in [3.05, 3.63) is 215 Å². The summed E-state index contributed by atoms with van der Waals surface area (Å²) in [5, 5.41) is 14.5. The molecule has 0 atom stereocenters. The first-order valence-corrected chi connectivity index (χ1v) is 39.3. The Morgan fingerprint density at radius 1 is 0.414 bits per heavy atom. The smallest absolute Gasteiger partial charge is 0.436 e. The number of nitrogens with one attached hydrogen (secondary N) is 5. The van der Waals surface area contributed by atoms with Gasteiger partial charge in [-0.3, -0.25) is 19.9 Å². The molecule has 0 bridgehead atoms. The van der Waals surface area contributed by atoms with Crippen LogP contribution in [-0.2, 0) is 77.5 Å². The third kappa shape index (κ3) is 41.1. The van der Waals surface area contributed by atoms with Crippen LogP contribution in [0.5, 0.6) is 0 Å². The Morgan fingerprint density at radius 3 is 1.09 bits per heavy atom. The fourth-order valence-electron chi connectivity index (χ4n) is 11.5. The van der Waals surface area contributed by atoms with Gasteiger partial charge < -0.3 is 65.1 Å². The zero-order valence-corrected chi connectivity index (χ0v) is 67.1. The molecule has 111 heavy (non-hydrogen) atoms. The summed E-state index contributed by atoms with van der Waals surface area (Å²) in [5.74, 6) is -0.209. The van der Waals surface area contributed by atoms with Crippen LogP contribution < -0.4 is 32.3 Å². The molecule has 6 aromatic rings. The van der Waals surface area contributed by atoms with E-state index >= 15 is 0 Å². The topological polar surface area (TPSA) is 305 Å². The quantitative estimate of drug-likeness (QED) is 0.0214. The van der Waals surface area contributed by atoms with Crippen molar-refractivity contribution in [3.8, 4) is 0 Å². The van der Waals surface area contributed by atoms with E-state index in [1.54, 1.807) is 6.26 Å². The number of carbonyl (C=O) groups is 7. The molecule has 4 heterocycles. The number of rotatable bonds is 17. The van der Waals surface area contributed by atoms with E-state index in [0.29, 0.717) is 32.0 Å². The molecule has 0 saturated carbocycles. The van der Waals surface area contributed by atoms with Gasteiger partial charge in [0.2, 0.25) is 0 Å². The zero-order valence-electron chi connectivity index (χ0n) is 66.3. The number of carbonyl (C=O) groups excluding carboxylic acids is 7. The maximum Gasteiger partial charge on any atom is 0.436 e. The molecule has 4 fully saturated rings. The van der Waals surface area contributed by atoms with Crippen LogP contribution in [0, 0.1) is 0 Å². The summed E-state index contributed by atoms with van der Waals surface area (Å²) in [4.78, 5) is 98.5. The maximum absolute atomic E-state index is 12.6. The predicted molar refractivity (Wildman–Crippen MR) is 435 cm³/mol. The van der Waals surface area contributed by atoms with E-state index in [-0.39, 0.29) is 74.2 Å². The molecule has 0 spiro atoms. The minimum absolute atomic E-state index is 0.0801. The predicted octanol–water partition coefficient (Wildman–Crippen LogP) is 14.9. The fraction of sp³-hybridized carbons (Fsp3) is 0.471. The number of thioether (sulfide) groups is 1. The number of nitrogens with zero attached hydrogens (tertiary/aromatic N) is 5. The molecule has 6 aromatic carbocycles. The van der Waals surface area contributed by atoms with Crippen molar-refractivity contribution in [1.82, 2.24) is 41.3 Å². The summed E-state index contributed by atoms with van der Waals surface area (Å²) in [5.41, 5.74) is 10.6. The number of likely N-dealkylation sites (tertiary alicyclic amines) is 3. The normalized spacial score (nSPS) is 15.5. The maximum atomic E-state index is 12.6. The van der Waals surface area contributed by atoms with Gasteiger partial charge >= 0.3 is 42.5 Å². The monoisotopic (exact) mass is 1550 g/mol. The standard InChI is InChI=1S/C28H35N3O6.C18H18N2O4S.C17H26N2O2.C12H18N2.C10H20N2O2/c1-28(2,3)37-27(34)29-23-14-16-31(17-15-23)24(18-25(32)35-19-21-10-6-4-7-11-21)30-26(33)36-20-22-12-8-5-9-13-22;1-25-16(19-17(21)23-12-14-8-4-2-5-9-14)20-18(22)24-13-15-10-6-3-7-11-15;1-17(2,3)21-16(20)18-15-9-11-19(12-10-15)13-14-7-5-4-6-8-14;13-12-6-8-14(9-7-12)10-11-4-2-1-3-5-11;1-10(2,3)14-9(13)12-8-4-6-11-7-5-8/h4-13,23H,14-20H2,1-3H3,(H,29,34);2-11H,12-13H2,1H3,(H,19,20,21,22);4-8,15H,9-13H2,1-3H3,(H,18,20);1-5,12H,6-10,13H2;8,11H,4-7H2,1-3H3,(H,12,13). The van der Waals surface area contributed by atoms with Crippen molar-refractivity contribution in [1.29, 1.82) is 0 Å². The first-order valence-electron chi connectivity index (χ1n) is 38.1. The molecule has 4 aliphatic rings. The average molecular weight is 1550 g/mol. The molecule has 4 saturated heterocycles. The average Bonchev–Trinajstić information content (AvgIpc) is 0.852. The van der Waals surface area contributed by atoms with Crippen LogP contribution in [-0.4, -0.2) is 168 Å². The highest BCUT2D eigenvalue weighted by molar-refractivity contribution is 8.13. The lowest BCUT2D eigenvalue weighted by Gasteiger charge is -2.34. The van der Waals surface area contributed by atoms with E-state index in [2.05, 4.69) is 101 Å². The lowest BCUT2D eigenvalue weighted by molar-refractivity contribution is -0.143. The van der Waals surface area contributed by atoms with Crippen molar-refractivity contribution in [2.24, 2.45) is 15.7 Å². The molecule has 0 radical (unpaired) electrons. The van der Waals surface area contributed by atoms with Crippen LogP contribution in [0.25, 0.3) is 0 Å². The van der Waals surface area contributed by atoms with Gasteiger partial charge in [-0.05, 0) is 179 Å². The van der Waals surface area contributed by atoms with Gasteiger partial charge in [-0.2, -0.15) is 9.98 Å². The van der Waals surface area contributed by atoms with E-state index in [9.17, 15) is 33.6 Å². The molecule has 7 N–H and O–H groups in total. The number of benzene rings is 6. The summed E-state index contributed by atoms with van der Waals surface area (Å²) >= 11 is 1.11. The Kier molecular flexibility index (Phi) is 39.5. The minimum Gasteiger partial charge on any atom is -0.460 e. The second kappa shape index (κ2) is 48.7. The molecule has 10 rings (SSSR count). The summed E-state index contributed by atoms with van der Waals surface area (Å²) in [7, 11) is 0. The molecule has 25 nitrogen and oxygen atoms in total. The molecule has 4 aliphatic heterocycles. The van der Waals surface area contributed by atoms with E-state index in [4.69, 9.17) is 38.9 Å². The molecule has 6 amide bonds. The first kappa shape index (κ1) is 90.0. The second-order valence-corrected chi connectivity index (χ2v) is 30.9. The first-order chi connectivity index (χ1) is 53.1. The molecule has 0 aromatic heterocycles. The number of hydrogen-bond donors (Lipinski definition) is 6. The van der Waals surface area contributed by atoms with E-state index < -0.39 is 47.1 Å². The summed E-state index contributed by atoms with van der Waals surface area (Å²) in [6, 6.07) is 59.2. The Labute approximate surface area is 660 Å². The van der Waals surface area contributed by atoms with Crippen LogP contribution in [0.2, 0.25) is 0 Å². The number of esters is 1. The number of alkyl carbamates (subject to hydrolysis) is 4. The Balaban J connectivity index is 0.000000227. The van der Waals surface area contributed by atoms with Crippen molar-refractivity contribution in [2.45, 2.75) is 201 Å². The number of ether oxygens (including phenoxy) is 7. The molecular formula is C85H117N11O14S. The highest BCUT2D eigenvalue weighted by Gasteiger charge is 2.29. The SMILES string of the molecule is CC(C)(C)OC(=O)NC1CCN(C(CC(=O)OCc2ccccc2)=NC(=O)OCc2ccccc2)CC1.CC(C)(C)OC(=O)NC1CCN(Cc2ccccc2)CC1.CC(C)(C)OC(=O)NC1CCNCC1.CSC(=NC(=O)OCc1ccccc1)NC(=O)OCc1ccccc1.NC1CCN(Cc2ccccc2)CC1. The van der Waals surface area contributed by atoms with Crippen molar-refractivity contribution in [2.75, 3.05) is 58.6 Å². The highest BCUT2D eigenvalue weighted by atomic mass is 32.2. The van der Waals surface area contributed by atoms with Crippen LogP contribution in [0.1, 0.15) is 153 Å². The number of aliphatic imine (C=N–C) groups is 2. The Bertz CT molecular complexity index is 3750. The Hall–Kier alpha value is -9.86. The third-order valence-electron chi connectivity index (χ3n) is 17.1. The van der Waals surface area contributed by atoms with Gasteiger partial charge in [-0.1, -0.05) is 194 Å². The van der Waals surface area contributed by atoms with Crippen molar-refractivity contribution < 1.29 is 66.7 Å². The molecule has 602 valence electrons. The van der Waals surface area contributed by atoms with Gasteiger partial charge in [-0.25, -0.2) is 28.8 Å². The Morgan fingerprint density at radius 2 is 0.730 bits per heavy atom. The van der Waals surface area contributed by atoms with Gasteiger partial charge in [0.15, 0.2) is 5.17 Å². The van der Waals surface area contributed by atoms with E-state index in [0.717, 1.165) is 125 Å². The number of amidine groups is 2. The lowest BCUT2D eigenvalue weighted by Crippen LogP contribution is -2.48. The van der Waals surface area contributed by atoms with E-state index in [1.165, 1.54) is 11.1 Å². The van der Waals surface area contributed by atoms with Crippen LogP contribution in [0.15, 0.2) is 192 Å². The largest absolute Gasteiger partial charge is 0.460 e.